The third-order valence-electron chi connectivity index (χ3n) is 3.83. The smallest absolute Gasteiger partial charge is 0.319 e. The van der Waals surface area contributed by atoms with Crippen molar-refractivity contribution in [1.29, 1.82) is 0 Å². The molecule has 1 aromatic heterocycles. The van der Waals surface area contributed by atoms with Crippen LogP contribution in [0, 0.1) is 0 Å². The maximum atomic E-state index is 11.8. The maximum Gasteiger partial charge on any atom is 0.319 e. The lowest BCUT2D eigenvalue weighted by Crippen LogP contribution is -2.36. The highest BCUT2D eigenvalue weighted by molar-refractivity contribution is 5.89. The predicted molar refractivity (Wildman–Crippen MR) is 71.1 cm³/mol. The highest BCUT2D eigenvalue weighted by Gasteiger charge is 2.20. The Morgan fingerprint density at radius 1 is 1.37 bits per heavy atom. The lowest BCUT2D eigenvalue weighted by atomic mass is 10.2. The Bertz CT molecular complexity index is 434. The molecule has 1 aliphatic heterocycles. The van der Waals surface area contributed by atoms with Gasteiger partial charge in [-0.1, -0.05) is 12.8 Å². The molecule has 2 amide bonds. The second kappa shape index (κ2) is 5.61. The average Bonchev–Trinajstić information content (AvgIpc) is 3.09. The Kier molecular flexibility index (Phi) is 3.68. The van der Waals surface area contributed by atoms with Gasteiger partial charge in [-0.25, -0.2) is 4.79 Å². The molecule has 1 saturated heterocycles. The van der Waals surface area contributed by atoms with Crippen molar-refractivity contribution >= 4 is 11.7 Å². The Hall–Kier alpha value is -1.56. The first-order valence-corrected chi connectivity index (χ1v) is 7.01. The van der Waals surface area contributed by atoms with Gasteiger partial charge in [-0.05, 0) is 19.3 Å². The van der Waals surface area contributed by atoms with Crippen LogP contribution in [0.5, 0.6) is 0 Å². The van der Waals surface area contributed by atoms with Gasteiger partial charge in [-0.15, -0.1) is 0 Å². The fourth-order valence-corrected chi connectivity index (χ4v) is 2.76. The van der Waals surface area contributed by atoms with E-state index in [2.05, 4.69) is 15.7 Å². The van der Waals surface area contributed by atoms with Gasteiger partial charge in [-0.3, -0.25) is 4.68 Å². The predicted octanol–water partition coefficient (Wildman–Crippen LogP) is 1.91. The monoisotopic (exact) mass is 264 g/mol. The van der Waals surface area contributed by atoms with E-state index in [1.54, 1.807) is 6.20 Å². The lowest BCUT2D eigenvalue weighted by Gasteiger charge is -2.12. The number of hydrogen-bond acceptors (Lipinski definition) is 3. The van der Waals surface area contributed by atoms with Crippen molar-refractivity contribution in [3.8, 4) is 0 Å². The summed E-state index contributed by atoms with van der Waals surface area (Å²) in [5.41, 5.74) is 0.738. The third-order valence-corrected chi connectivity index (χ3v) is 3.83. The number of carbonyl (C=O) groups excluding carboxylic acids is 1. The normalized spacial score (nSPS) is 23.7. The van der Waals surface area contributed by atoms with Gasteiger partial charge in [0.05, 0.1) is 24.5 Å². The largest absolute Gasteiger partial charge is 0.379 e. The Balaban J connectivity index is 1.52. The number of carbonyl (C=O) groups is 1. The minimum atomic E-state index is -0.130. The van der Waals surface area contributed by atoms with Crippen LogP contribution >= 0.6 is 0 Å². The summed E-state index contributed by atoms with van der Waals surface area (Å²) in [5, 5.41) is 10.1. The van der Waals surface area contributed by atoms with Gasteiger partial charge >= 0.3 is 6.03 Å². The van der Waals surface area contributed by atoms with E-state index in [1.807, 2.05) is 10.9 Å². The highest BCUT2D eigenvalue weighted by atomic mass is 16.5. The van der Waals surface area contributed by atoms with Gasteiger partial charge in [0, 0.05) is 18.8 Å². The van der Waals surface area contributed by atoms with E-state index >= 15 is 0 Å². The van der Waals surface area contributed by atoms with Crippen molar-refractivity contribution in [1.82, 2.24) is 15.1 Å². The summed E-state index contributed by atoms with van der Waals surface area (Å²) in [6, 6.07) is 0.501. The van der Waals surface area contributed by atoms with Crippen molar-refractivity contribution in [3.05, 3.63) is 12.4 Å². The van der Waals surface area contributed by atoms with Gasteiger partial charge in [0.15, 0.2) is 0 Å². The molecule has 6 heteroatoms. The highest BCUT2D eigenvalue weighted by Crippen LogP contribution is 2.20. The molecule has 0 aromatic carbocycles. The zero-order valence-corrected chi connectivity index (χ0v) is 11.0. The van der Waals surface area contributed by atoms with Crippen LogP contribution in [-0.2, 0) is 4.74 Å². The molecule has 1 atom stereocenters. The molecule has 2 heterocycles. The van der Waals surface area contributed by atoms with Crippen molar-refractivity contribution in [2.45, 2.75) is 44.2 Å². The molecule has 2 N–H and O–H groups in total. The molecule has 6 nitrogen and oxygen atoms in total. The molecule has 0 radical (unpaired) electrons. The maximum absolute atomic E-state index is 11.8. The number of hydrogen-bond donors (Lipinski definition) is 2. The van der Waals surface area contributed by atoms with Crippen LogP contribution in [0.15, 0.2) is 12.4 Å². The molecule has 1 aliphatic carbocycles. The van der Waals surface area contributed by atoms with Crippen molar-refractivity contribution in [2.24, 2.45) is 0 Å². The third kappa shape index (κ3) is 3.07. The SMILES string of the molecule is O=C(Nc1cnn([C@H]2CCOC2)c1)NC1CCCC1. The Morgan fingerprint density at radius 2 is 2.21 bits per heavy atom. The van der Waals surface area contributed by atoms with Crippen LogP contribution in [0.25, 0.3) is 0 Å². The number of nitrogens with zero attached hydrogens (tertiary/aromatic N) is 2. The van der Waals surface area contributed by atoms with E-state index in [4.69, 9.17) is 4.74 Å². The van der Waals surface area contributed by atoms with E-state index in [0.717, 1.165) is 31.6 Å². The molecule has 1 saturated carbocycles. The summed E-state index contributed by atoms with van der Waals surface area (Å²) in [7, 11) is 0. The number of anilines is 1. The van der Waals surface area contributed by atoms with Crippen LogP contribution < -0.4 is 10.6 Å². The first-order valence-electron chi connectivity index (χ1n) is 7.01. The molecule has 1 aromatic rings. The Morgan fingerprint density at radius 3 is 2.95 bits per heavy atom. The minimum Gasteiger partial charge on any atom is -0.379 e. The van der Waals surface area contributed by atoms with Crippen LogP contribution in [0.2, 0.25) is 0 Å². The van der Waals surface area contributed by atoms with Gasteiger partial charge in [-0.2, -0.15) is 5.10 Å². The quantitative estimate of drug-likeness (QED) is 0.876. The number of aromatic nitrogens is 2. The summed E-state index contributed by atoms with van der Waals surface area (Å²) >= 11 is 0. The number of nitrogens with one attached hydrogen (secondary N) is 2. The Labute approximate surface area is 112 Å². The van der Waals surface area contributed by atoms with Crippen molar-refractivity contribution in [2.75, 3.05) is 18.5 Å². The number of amides is 2. The number of rotatable bonds is 3. The summed E-state index contributed by atoms with van der Waals surface area (Å²) in [6.45, 7) is 1.49. The summed E-state index contributed by atoms with van der Waals surface area (Å²) in [6.07, 6.45) is 9.14. The summed E-state index contributed by atoms with van der Waals surface area (Å²) in [5.74, 6) is 0. The molecule has 0 spiro atoms. The second-order valence-corrected chi connectivity index (χ2v) is 5.31. The van der Waals surface area contributed by atoms with Crippen LogP contribution in [0.1, 0.15) is 38.1 Å². The molecule has 0 bridgehead atoms. The van der Waals surface area contributed by atoms with Gasteiger partial charge < -0.3 is 15.4 Å². The summed E-state index contributed by atoms with van der Waals surface area (Å²) < 4.78 is 7.20. The zero-order valence-electron chi connectivity index (χ0n) is 11.0. The molecule has 3 rings (SSSR count). The lowest BCUT2D eigenvalue weighted by molar-refractivity contribution is 0.184. The van der Waals surface area contributed by atoms with Crippen LogP contribution in [-0.4, -0.2) is 35.1 Å². The van der Waals surface area contributed by atoms with E-state index in [1.165, 1.54) is 12.8 Å². The fourth-order valence-electron chi connectivity index (χ4n) is 2.76. The zero-order chi connectivity index (χ0) is 13.1. The molecule has 104 valence electrons. The molecular formula is C13H20N4O2. The fraction of sp³-hybridized carbons (Fsp3) is 0.692. The molecule has 0 unspecified atom stereocenters. The van der Waals surface area contributed by atoms with Crippen molar-refractivity contribution < 1.29 is 9.53 Å². The first-order chi connectivity index (χ1) is 9.31. The topological polar surface area (TPSA) is 68.2 Å². The average molecular weight is 264 g/mol. The van der Waals surface area contributed by atoms with E-state index < -0.39 is 0 Å². The second-order valence-electron chi connectivity index (χ2n) is 5.31. The molecular weight excluding hydrogens is 244 g/mol. The molecule has 19 heavy (non-hydrogen) atoms. The van der Waals surface area contributed by atoms with E-state index in [9.17, 15) is 4.79 Å². The van der Waals surface area contributed by atoms with Crippen LogP contribution in [0.3, 0.4) is 0 Å². The van der Waals surface area contributed by atoms with Gasteiger partial charge in [0.1, 0.15) is 0 Å². The van der Waals surface area contributed by atoms with Gasteiger partial charge in [0.2, 0.25) is 0 Å². The number of ether oxygens (including phenoxy) is 1. The van der Waals surface area contributed by atoms with Crippen LogP contribution in [0.4, 0.5) is 10.5 Å². The first kappa shape index (κ1) is 12.5. The summed E-state index contributed by atoms with van der Waals surface area (Å²) in [4.78, 5) is 11.8. The molecule has 2 fully saturated rings. The van der Waals surface area contributed by atoms with E-state index in [-0.39, 0.29) is 6.03 Å². The minimum absolute atomic E-state index is 0.130. The molecule has 2 aliphatic rings. The van der Waals surface area contributed by atoms with Crippen molar-refractivity contribution in [3.63, 3.8) is 0 Å². The van der Waals surface area contributed by atoms with Gasteiger partial charge in [0.25, 0.3) is 0 Å². The standard InChI is InChI=1S/C13H20N4O2/c18-13(15-10-3-1-2-4-10)16-11-7-14-17(8-11)12-5-6-19-9-12/h7-8,10,12H,1-6,9H2,(H2,15,16,18)/t12-/m0/s1. The number of urea groups is 1. The van der Waals surface area contributed by atoms with E-state index in [0.29, 0.717) is 18.7 Å².